The van der Waals surface area contributed by atoms with Gasteiger partial charge in [-0.1, -0.05) is 12.1 Å². The predicted molar refractivity (Wildman–Crippen MR) is 85.4 cm³/mol. The minimum atomic E-state index is -0.281. The van der Waals surface area contributed by atoms with Crippen LogP contribution in [0.3, 0.4) is 0 Å². The molecular weight excluding hydrogens is 295 g/mol. The molecule has 1 N–H and O–H groups in total. The summed E-state index contributed by atoms with van der Waals surface area (Å²) < 4.78 is 20.2. The van der Waals surface area contributed by atoms with E-state index in [4.69, 9.17) is 4.42 Å². The van der Waals surface area contributed by atoms with Gasteiger partial charge in [0.25, 0.3) is 5.91 Å². The van der Waals surface area contributed by atoms with Gasteiger partial charge in [0.1, 0.15) is 23.0 Å². The average molecular weight is 312 g/mol. The van der Waals surface area contributed by atoms with E-state index in [-0.39, 0.29) is 11.7 Å². The zero-order valence-corrected chi connectivity index (χ0v) is 13.0. The molecule has 1 amide bonds. The molecule has 118 valence electrons. The van der Waals surface area contributed by atoms with E-state index in [0.717, 1.165) is 16.9 Å². The number of aromatic nitrogens is 1. The number of aryl methyl sites for hydroxylation is 2. The molecule has 23 heavy (non-hydrogen) atoms. The third-order valence-electron chi connectivity index (χ3n) is 3.63. The van der Waals surface area contributed by atoms with Crippen LogP contribution in [0.2, 0.25) is 0 Å². The second-order valence-corrected chi connectivity index (χ2v) is 5.43. The number of amides is 1. The maximum Gasteiger partial charge on any atom is 0.268 e. The Morgan fingerprint density at radius 3 is 2.57 bits per heavy atom. The first-order valence-corrected chi connectivity index (χ1v) is 7.29. The topological polar surface area (TPSA) is 47.2 Å². The molecule has 0 aliphatic heterocycles. The third-order valence-corrected chi connectivity index (χ3v) is 3.63. The van der Waals surface area contributed by atoms with Crippen molar-refractivity contribution in [1.29, 1.82) is 0 Å². The zero-order chi connectivity index (χ0) is 16.4. The van der Waals surface area contributed by atoms with Gasteiger partial charge in [-0.2, -0.15) is 0 Å². The van der Waals surface area contributed by atoms with Gasteiger partial charge in [0, 0.05) is 18.8 Å². The summed E-state index contributed by atoms with van der Waals surface area (Å²) in [4.78, 5) is 12.3. The first kappa shape index (κ1) is 15.1. The summed E-state index contributed by atoms with van der Waals surface area (Å²) in [6, 6.07) is 11.7. The summed E-state index contributed by atoms with van der Waals surface area (Å²) in [6.45, 7) is 2.20. The lowest BCUT2D eigenvalue weighted by molar-refractivity contribution is 0.0939. The monoisotopic (exact) mass is 312 g/mol. The fourth-order valence-corrected chi connectivity index (χ4v) is 2.43. The number of nitrogens with zero attached hydrogens (tertiary/aromatic N) is 1. The summed E-state index contributed by atoms with van der Waals surface area (Å²) in [5.41, 5.74) is 2.27. The van der Waals surface area contributed by atoms with Crippen molar-refractivity contribution in [1.82, 2.24) is 9.88 Å². The number of nitrogens with one attached hydrogen (secondary N) is 1. The minimum absolute atomic E-state index is 0.185. The summed E-state index contributed by atoms with van der Waals surface area (Å²) >= 11 is 0. The molecule has 4 nitrogen and oxygen atoms in total. The molecule has 3 rings (SSSR count). The van der Waals surface area contributed by atoms with Crippen LogP contribution in [0.1, 0.15) is 22.0 Å². The molecule has 2 heterocycles. The number of rotatable bonds is 4. The highest BCUT2D eigenvalue weighted by Crippen LogP contribution is 2.22. The minimum Gasteiger partial charge on any atom is -0.465 e. The van der Waals surface area contributed by atoms with Crippen LogP contribution in [-0.4, -0.2) is 10.5 Å². The van der Waals surface area contributed by atoms with Crippen LogP contribution in [0, 0.1) is 12.7 Å². The van der Waals surface area contributed by atoms with Crippen molar-refractivity contribution in [3.05, 3.63) is 71.7 Å². The maximum atomic E-state index is 13.0. The first-order chi connectivity index (χ1) is 11.0. The number of halogens is 1. The standard InChI is InChI=1S/C18H17FN2O2/c1-12-3-8-16(23-12)10-20-18(22)17-9-14(11-21(17)2)13-4-6-15(19)7-5-13/h3-9,11H,10H2,1-2H3,(H,20,22). The Kier molecular flexibility index (Phi) is 4.02. The van der Waals surface area contributed by atoms with Crippen LogP contribution >= 0.6 is 0 Å². The molecule has 2 aromatic heterocycles. The highest BCUT2D eigenvalue weighted by atomic mass is 19.1. The van der Waals surface area contributed by atoms with Gasteiger partial charge in [0.15, 0.2) is 0 Å². The van der Waals surface area contributed by atoms with Crippen LogP contribution in [0.4, 0.5) is 4.39 Å². The van der Waals surface area contributed by atoms with Gasteiger partial charge in [0.2, 0.25) is 0 Å². The normalized spacial score (nSPS) is 10.7. The molecule has 0 atom stereocenters. The molecule has 0 fully saturated rings. The van der Waals surface area contributed by atoms with Gasteiger partial charge >= 0.3 is 0 Å². The lowest BCUT2D eigenvalue weighted by atomic mass is 10.1. The van der Waals surface area contributed by atoms with E-state index >= 15 is 0 Å². The molecule has 0 unspecified atom stereocenters. The van der Waals surface area contributed by atoms with Crippen molar-refractivity contribution in [3.8, 4) is 11.1 Å². The van der Waals surface area contributed by atoms with E-state index in [9.17, 15) is 9.18 Å². The smallest absolute Gasteiger partial charge is 0.268 e. The molecule has 5 heteroatoms. The Labute approximate surface area is 133 Å². The number of furan rings is 1. The van der Waals surface area contributed by atoms with E-state index in [1.165, 1.54) is 12.1 Å². The molecule has 0 saturated carbocycles. The van der Waals surface area contributed by atoms with Crippen molar-refractivity contribution in [2.24, 2.45) is 7.05 Å². The number of carbonyl (C=O) groups is 1. The van der Waals surface area contributed by atoms with Gasteiger partial charge < -0.3 is 14.3 Å². The largest absolute Gasteiger partial charge is 0.465 e. The van der Waals surface area contributed by atoms with Gasteiger partial charge in [-0.3, -0.25) is 4.79 Å². The zero-order valence-electron chi connectivity index (χ0n) is 13.0. The van der Waals surface area contributed by atoms with Crippen molar-refractivity contribution >= 4 is 5.91 Å². The Balaban J connectivity index is 1.74. The molecule has 3 aromatic rings. The highest BCUT2D eigenvalue weighted by molar-refractivity contribution is 5.94. The van der Waals surface area contributed by atoms with Crippen LogP contribution < -0.4 is 5.32 Å². The number of hydrogen-bond acceptors (Lipinski definition) is 2. The van der Waals surface area contributed by atoms with Gasteiger partial charge in [-0.15, -0.1) is 0 Å². The number of carbonyl (C=O) groups excluding carboxylic acids is 1. The lowest BCUT2D eigenvalue weighted by Crippen LogP contribution is -2.24. The second kappa shape index (κ2) is 6.12. The number of hydrogen-bond donors (Lipinski definition) is 1. The molecule has 0 saturated heterocycles. The van der Waals surface area contributed by atoms with E-state index in [1.807, 2.05) is 25.3 Å². The Morgan fingerprint density at radius 1 is 1.17 bits per heavy atom. The maximum absolute atomic E-state index is 13.0. The van der Waals surface area contributed by atoms with Crippen LogP contribution in [0.5, 0.6) is 0 Å². The Hall–Kier alpha value is -2.82. The van der Waals surface area contributed by atoms with E-state index in [1.54, 1.807) is 29.8 Å². The van der Waals surface area contributed by atoms with Crippen LogP contribution in [0.15, 0.2) is 53.1 Å². The van der Waals surface area contributed by atoms with Gasteiger partial charge in [-0.05, 0) is 42.8 Å². The SMILES string of the molecule is Cc1ccc(CNC(=O)c2cc(-c3ccc(F)cc3)cn2C)o1. The molecule has 0 aliphatic rings. The van der Waals surface area contributed by atoms with E-state index in [2.05, 4.69) is 5.32 Å². The van der Waals surface area contributed by atoms with Crippen molar-refractivity contribution in [3.63, 3.8) is 0 Å². The summed E-state index contributed by atoms with van der Waals surface area (Å²) in [7, 11) is 1.80. The van der Waals surface area contributed by atoms with Gasteiger partial charge in [0.05, 0.1) is 6.54 Å². The molecule has 1 aromatic carbocycles. The van der Waals surface area contributed by atoms with Crippen molar-refractivity contribution < 1.29 is 13.6 Å². The quantitative estimate of drug-likeness (QED) is 0.799. The summed E-state index contributed by atoms with van der Waals surface area (Å²) in [6.07, 6.45) is 1.85. The molecule has 0 bridgehead atoms. The second-order valence-electron chi connectivity index (χ2n) is 5.43. The highest BCUT2D eigenvalue weighted by Gasteiger charge is 2.13. The molecule has 0 aliphatic carbocycles. The van der Waals surface area contributed by atoms with Crippen LogP contribution in [0.25, 0.3) is 11.1 Å². The van der Waals surface area contributed by atoms with E-state index < -0.39 is 0 Å². The Morgan fingerprint density at radius 2 is 1.91 bits per heavy atom. The molecule has 0 spiro atoms. The third kappa shape index (κ3) is 3.34. The first-order valence-electron chi connectivity index (χ1n) is 7.29. The fourth-order valence-electron chi connectivity index (χ4n) is 2.43. The molecular formula is C18H17FN2O2. The predicted octanol–water partition coefficient (Wildman–Crippen LogP) is 3.66. The summed E-state index contributed by atoms with van der Waals surface area (Å²) in [5, 5.41) is 2.83. The van der Waals surface area contributed by atoms with E-state index in [0.29, 0.717) is 18.0 Å². The Bertz CT molecular complexity index is 831. The summed E-state index contributed by atoms with van der Waals surface area (Å²) in [5.74, 6) is 1.06. The van der Waals surface area contributed by atoms with Gasteiger partial charge in [-0.25, -0.2) is 4.39 Å². The number of benzene rings is 1. The van der Waals surface area contributed by atoms with Crippen molar-refractivity contribution in [2.75, 3.05) is 0 Å². The molecule has 0 radical (unpaired) electrons. The van der Waals surface area contributed by atoms with Crippen LogP contribution in [-0.2, 0) is 13.6 Å². The average Bonchev–Trinajstić information content (AvgIpc) is 3.11. The fraction of sp³-hybridized carbons (Fsp3) is 0.167. The van der Waals surface area contributed by atoms with Crippen molar-refractivity contribution in [2.45, 2.75) is 13.5 Å². The lowest BCUT2D eigenvalue weighted by Gasteiger charge is -2.04.